The van der Waals surface area contributed by atoms with Crippen molar-refractivity contribution in [1.82, 2.24) is 20.2 Å². The van der Waals surface area contributed by atoms with E-state index in [1.807, 2.05) is 0 Å². The van der Waals surface area contributed by atoms with Gasteiger partial charge < -0.3 is 13.7 Å². The van der Waals surface area contributed by atoms with Crippen LogP contribution >= 0.6 is 23.1 Å². The van der Waals surface area contributed by atoms with Crippen molar-refractivity contribution in [2.45, 2.75) is 44.5 Å². The van der Waals surface area contributed by atoms with Gasteiger partial charge in [-0.1, -0.05) is 0 Å². The molecule has 0 saturated carbocycles. The lowest BCUT2D eigenvalue weighted by atomic mass is 10.2. The van der Waals surface area contributed by atoms with E-state index in [-0.39, 0.29) is 0 Å². The van der Waals surface area contributed by atoms with Crippen LogP contribution in [0, 0.1) is 13.8 Å². The first kappa shape index (κ1) is 19.1. The predicted octanol–water partition coefficient (Wildman–Crippen LogP) is 3.53. The molecule has 0 unspecified atom stereocenters. The molecule has 4 rings (SSSR count). The number of aromatic nitrogens is 4. The summed E-state index contributed by atoms with van der Waals surface area (Å²) in [5.41, 5.74) is 1.20. The number of fused-ring (bicyclic) bond motifs is 1. The quantitative estimate of drug-likeness (QED) is 0.462. The van der Waals surface area contributed by atoms with Crippen molar-refractivity contribution in [1.29, 1.82) is 0 Å². The summed E-state index contributed by atoms with van der Waals surface area (Å²) in [6, 6.07) is 3.59. The molecule has 0 aromatic carbocycles. The number of quaternary nitrogens is 1. The Morgan fingerprint density at radius 1 is 1.14 bits per heavy atom. The van der Waals surface area contributed by atoms with Gasteiger partial charge in [0.15, 0.2) is 11.6 Å². The molecule has 0 atom stereocenters. The fourth-order valence-electron chi connectivity index (χ4n) is 2.97. The number of furan rings is 1. The van der Waals surface area contributed by atoms with Crippen LogP contribution in [0.15, 0.2) is 37.5 Å². The third-order valence-electron chi connectivity index (χ3n) is 4.77. The van der Waals surface area contributed by atoms with Crippen molar-refractivity contribution in [3.8, 4) is 11.7 Å². The van der Waals surface area contributed by atoms with Gasteiger partial charge in [-0.3, -0.25) is 0 Å². The molecule has 4 aromatic rings. The van der Waals surface area contributed by atoms with E-state index in [2.05, 4.69) is 37.9 Å². The average Bonchev–Trinajstić information content (AvgIpc) is 3.41. The topological polar surface area (TPSA) is 82.3 Å². The van der Waals surface area contributed by atoms with Gasteiger partial charge in [0, 0.05) is 10.3 Å². The van der Waals surface area contributed by atoms with Crippen molar-refractivity contribution in [3.05, 3.63) is 34.7 Å². The van der Waals surface area contributed by atoms with Crippen molar-refractivity contribution < 1.29 is 13.7 Å². The zero-order valence-electron chi connectivity index (χ0n) is 16.3. The van der Waals surface area contributed by atoms with Gasteiger partial charge in [-0.15, -0.1) is 21.5 Å². The van der Waals surface area contributed by atoms with Gasteiger partial charge in [0.1, 0.15) is 16.4 Å². The van der Waals surface area contributed by atoms with E-state index in [0.29, 0.717) is 16.9 Å². The summed E-state index contributed by atoms with van der Waals surface area (Å²) in [5, 5.41) is 10.6. The Bertz CT molecular complexity index is 1080. The first-order valence-corrected chi connectivity index (χ1v) is 10.9. The maximum Gasteiger partial charge on any atom is 0.284 e. The highest BCUT2D eigenvalue weighted by atomic mass is 32.2. The molecule has 9 heteroatoms. The molecule has 4 heterocycles. The molecule has 4 aromatic heterocycles. The number of hydrogen-bond acceptors (Lipinski definition) is 8. The van der Waals surface area contributed by atoms with Crippen LogP contribution in [0.1, 0.15) is 30.1 Å². The molecular formula is C19H22N5O2S2+. The highest BCUT2D eigenvalue weighted by molar-refractivity contribution is 7.99. The van der Waals surface area contributed by atoms with Gasteiger partial charge in [0.2, 0.25) is 0 Å². The van der Waals surface area contributed by atoms with Crippen molar-refractivity contribution in [2.75, 3.05) is 13.1 Å². The summed E-state index contributed by atoms with van der Waals surface area (Å²) in [6.45, 7) is 11.5. The Morgan fingerprint density at radius 3 is 2.68 bits per heavy atom. The summed E-state index contributed by atoms with van der Waals surface area (Å²) in [5.74, 6) is 1.77. The van der Waals surface area contributed by atoms with Crippen LogP contribution in [-0.4, -0.2) is 33.3 Å². The van der Waals surface area contributed by atoms with Crippen LogP contribution in [0.25, 0.3) is 21.9 Å². The van der Waals surface area contributed by atoms with Crippen LogP contribution in [-0.2, 0) is 6.54 Å². The summed E-state index contributed by atoms with van der Waals surface area (Å²) >= 11 is 3.09. The zero-order valence-corrected chi connectivity index (χ0v) is 17.9. The van der Waals surface area contributed by atoms with E-state index in [1.54, 1.807) is 29.7 Å². The molecule has 7 nitrogen and oxygen atoms in total. The molecule has 0 amide bonds. The Balaban J connectivity index is 1.72. The zero-order chi connectivity index (χ0) is 19.7. The highest BCUT2D eigenvalue weighted by Gasteiger charge is 2.20. The molecule has 0 spiro atoms. The number of rotatable bonds is 7. The summed E-state index contributed by atoms with van der Waals surface area (Å²) in [6.07, 6.45) is 1.58. The van der Waals surface area contributed by atoms with E-state index in [0.717, 1.165) is 40.7 Å². The second kappa shape index (κ2) is 8.02. The fourth-order valence-corrected chi connectivity index (χ4v) is 4.95. The van der Waals surface area contributed by atoms with Crippen molar-refractivity contribution in [3.63, 3.8) is 0 Å². The number of nitrogens with zero attached hydrogens (tertiary/aromatic N) is 4. The Labute approximate surface area is 171 Å². The first-order valence-electron chi connectivity index (χ1n) is 9.24. The Hall–Kier alpha value is -2.23. The summed E-state index contributed by atoms with van der Waals surface area (Å²) in [7, 11) is 0. The number of aryl methyl sites for hydroxylation is 2. The highest BCUT2D eigenvalue weighted by Crippen LogP contribution is 2.38. The molecule has 28 heavy (non-hydrogen) atoms. The monoisotopic (exact) mass is 416 g/mol. The molecule has 0 aliphatic rings. The second-order valence-electron chi connectivity index (χ2n) is 6.49. The van der Waals surface area contributed by atoms with Gasteiger partial charge in [-0.05, 0) is 57.2 Å². The largest absolute Gasteiger partial charge is 0.459 e. The van der Waals surface area contributed by atoms with Gasteiger partial charge in [0.25, 0.3) is 11.1 Å². The van der Waals surface area contributed by atoms with Crippen molar-refractivity contribution in [2.24, 2.45) is 0 Å². The Morgan fingerprint density at radius 2 is 1.96 bits per heavy atom. The van der Waals surface area contributed by atoms with E-state index < -0.39 is 0 Å². The molecule has 0 aliphatic heterocycles. The van der Waals surface area contributed by atoms with Crippen LogP contribution < -0.4 is 4.90 Å². The van der Waals surface area contributed by atoms with Gasteiger partial charge in [0.05, 0.1) is 19.4 Å². The fraction of sp³-hybridized carbons (Fsp3) is 0.368. The van der Waals surface area contributed by atoms with Crippen LogP contribution in [0.4, 0.5) is 0 Å². The lowest BCUT2D eigenvalue weighted by Gasteiger charge is -2.14. The molecule has 146 valence electrons. The lowest BCUT2D eigenvalue weighted by Crippen LogP contribution is -3.10. The summed E-state index contributed by atoms with van der Waals surface area (Å²) < 4.78 is 11.1. The average molecular weight is 417 g/mol. The van der Waals surface area contributed by atoms with Crippen LogP contribution in [0.5, 0.6) is 0 Å². The van der Waals surface area contributed by atoms with Gasteiger partial charge in [-0.2, -0.15) is 0 Å². The Kier molecular flexibility index (Phi) is 5.47. The standard InChI is InChI=1S/C19H21N5O2S2/c1-5-24(6-2)10-14-20-17-15(11(3)12(4)27-17)18(21-14)28-19-23-22-16(26-19)13-8-7-9-25-13/h7-9H,5-6,10H2,1-4H3/p+1. The minimum Gasteiger partial charge on any atom is -0.459 e. The smallest absolute Gasteiger partial charge is 0.284 e. The van der Waals surface area contributed by atoms with Gasteiger partial charge >= 0.3 is 0 Å². The number of thiophene rings is 1. The number of hydrogen-bond donors (Lipinski definition) is 1. The minimum atomic E-state index is 0.365. The molecule has 0 aliphatic carbocycles. The summed E-state index contributed by atoms with van der Waals surface area (Å²) in [4.78, 5) is 13.4. The van der Waals surface area contributed by atoms with E-state index in [1.165, 1.54) is 27.1 Å². The first-order chi connectivity index (χ1) is 13.6. The maximum absolute atomic E-state index is 5.78. The minimum absolute atomic E-state index is 0.365. The molecule has 0 bridgehead atoms. The molecule has 0 fully saturated rings. The molecule has 1 N–H and O–H groups in total. The molecule has 0 radical (unpaired) electrons. The van der Waals surface area contributed by atoms with E-state index in [4.69, 9.17) is 18.8 Å². The van der Waals surface area contributed by atoms with E-state index in [9.17, 15) is 0 Å². The van der Waals surface area contributed by atoms with Gasteiger partial charge in [-0.25, -0.2) is 9.97 Å². The van der Waals surface area contributed by atoms with Crippen molar-refractivity contribution >= 4 is 33.3 Å². The normalized spacial score (nSPS) is 11.8. The van der Waals surface area contributed by atoms with Crippen LogP contribution in [0.2, 0.25) is 0 Å². The maximum atomic E-state index is 5.78. The SMILES string of the molecule is CC[NH+](CC)Cc1nc(Sc2nnc(-c3ccco3)o2)c2c(C)c(C)sc2n1. The number of nitrogens with one attached hydrogen (secondary N) is 1. The third kappa shape index (κ3) is 3.69. The lowest BCUT2D eigenvalue weighted by molar-refractivity contribution is -0.910. The molecule has 0 saturated heterocycles. The van der Waals surface area contributed by atoms with E-state index >= 15 is 0 Å². The second-order valence-corrected chi connectivity index (χ2v) is 8.64. The molecular weight excluding hydrogens is 394 g/mol. The predicted molar refractivity (Wildman–Crippen MR) is 109 cm³/mol. The van der Waals surface area contributed by atoms with Crippen LogP contribution in [0.3, 0.4) is 0 Å². The third-order valence-corrected chi connectivity index (χ3v) is 6.70.